The second-order valence-electron chi connectivity index (χ2n) is 3.92. The Bertz CT molecular complexity index is 607. The molecule has 0 radical (unpaired) electrons. The van der Waals surface area contributed by atoms with E-state index in [2.05, 4.69) is 10.3 Å². The lowest BCUT2D eigenvalue weighted by Gasteiger charge is -2.07. The molecule has 1 aromatic carbocycles. The van der Waals surface area contributed by atoms with E-state index in [1.807, 2.05) is 0 Å². The Balaban J connectivity index is 1.77. The van der Waals surface area contributed by atoms with Crippen molar-refractivity contribution in [1.82, 2.24) is 10.3 Å². The number of halogens is 2. The van der Waals surface area contributed by atoms with Gasteiger partial charge in [-0.15, -0.1) is 0 Å². The molecule has 0 aliphatic carbocycles. The van der Waals surface area contributed by atoms with Crippen LogP contribution in [-0.4, -0.2) is 24.0 Å². The van der Waals surface area contributed by atoms with Gasteiger partial charge in [-0.2, -0.15) is 0 Å². The Kier molecular flexibility index (Phi) is 4.90. The Morgan fingerprint density at radius 1 is 1.35 bits per heavy atom. The molecule has 1 amide bonds. The highest BCUT2D eigenvalue weighted by molar-refractivity contribution is 6.30. The minimum atomic E-state index is -0.366. The molecule has 1 aromatic heterocycles. The van der Waals surface area contributed by atoms with Gasteiger partial charge in [0.15, 0.2) is 0 Å². The van der Waals surface area contributed by atoms with Gasteiger partial charge >= 0.3 is 0 Å². The maximum atomic E-state index is 12.9. The average molecular weight is 295 g/mol. The van der Waals surface area contributed by atoms with Gasteiger partial charge in [-0.3, -0.25) is 9.78 Å². The number of carbonyl (C=O) groups excluding carboxylic acids is 1. The first-order valence-corrected chi connectivity index (χ1v) is 6.31. The molecule has 0 fully saturated rings. The number of rotatable bonds is 5. The van der Waals surface area contributed by atoms with Crippen molar-refractivity contribution in [2.75, 3.05) is 13.2 Å². The van der Waals surface area contributed by atoms with Gasteiger partial charge in [0.1, 0.15) is 23.9 Å². The fourth-order valence-corrected chi connectivity index (χ4v) is 1.67. The zero-order valence-corrected chi connectivity index (χ0v) is 11.2. The SMILES string of the molecule is O=C(NCCOc1cccc(F)c1)c1cc(Cl)ccn1. The zero-order valence-electron chi connectivity index (χ0n) is 10.5. The number of aromatic nitrogens is 1. The van der Waals surface area contributed by atoms with Crippen molar-refractivity contribution in [3.8, 4) is 5.75 Å². The molecule has 2 rings (SSSR count). The van der Waals surface area contributed by atoms with Gasteiger partial charge in [0.25, 0.3) is 5.91 Å². The largest absolute Gasteiger partial charge is 0.492 e. The fourth-order valence-electron chi connectivity index (χ4n) is 1.51. The summed E-state index contributed by atoms with van der Waals surface area (Å²) in [6.07, 6.45) is 1.46. The first kappa shape index (κ1) is 14.3. The lowest BCUT2D eigenvalue weighted by atomic mass is 10.3. The minimum Gasteiger partial charge on any atom is -0.492 e. The Morgan fingerprint density at radius 2 is 2.20 bits per heavy atom. The number of pyridine rings is 1. The van der Waals surface area contributed by atoms with Crippen LogP contribution in [0.2, 0.25) is 5.02 Å². The van der Waals surface area contributed by atoms with Gasteiger partial charge < -0.3 is 10.1 Å². The molecular weight excluding hydrogens is 283 g/mol. The molecule has 6 heteroatoms. The number of hydrogen-bond donors (Lipinski definition) is 1. The van der Waals surface area contributed by atoms with Crippen LogP contribution in [0, 0.1) is 5.82 Å². The Morgan fingerprint density at radius 3 is 2.95 bits per heavy atom. The van der Waals surface area contributed by atoms with Crippen LogP contribution in [0.5, 0.6) is 5.75 Å². The monoisotopic (exact) mass is 294 g/mol. The van der Waals surface area contributed by atoms with Gasteiger partial charge in [0.2, 0.25) is 0 Å². The van der Waals surface area contributed by atoms with Crippen molar-refractivity contribution in [2.24, 2.45) is 0 Å². The lowest BCUT2D eigenvalue weighted by molar-refractivity contribution is 0.0942. The van der Waals surface area contributed by atoms with Gasteiger partial charge in [0.05, 0.1) is 6.54 Å². The number of nitrogens with one attached hydrogen (secondary N) is 1. The minimum absolute atomic E-state index is 0.232. The lowest BCUT2D eigenvalue weighted by Crippen LogP contribution is -2.28. The number of ether oxygens (including phenoxy) is 1. The first-order valence-electron chi connectivity index (χ1n) is 5.93. The maximum absolute atomic E-state index is 12.9. The van der Waals surface area contributed by atoms with E-state index in [1.165, 1.54) is 24.4 Å². The molecule has 0 spiro atoms. The molecule has 0 aliphatic heterocycles. The van der Waals surface area contributed by atoms with Gasteiger partial charge in [-0.05, 0) is 24.3 Å². The highest BCUT2D eigenvalue weighted by atomic mass is 35.5. The quantitative estimate of drug-likeness (QED) is 0.863. The third kappa shape index (κ3) is 4.20. The summed E-state index contributed by atoms with van der Waals surface area (Å²) in [5.74, 6) is -0.287. The summed E-state index contributed by atoms with van der Waals surface area (Å²) < 4.78 is 18.2. The fraction of sp³-hybridized carbons (Fsp3) is 0.143. The van der Waals surface area contributed by atoms with Gasteiger partial charge in [0, 0.05) is 17.3 Å². The van der Waals surface area contributed by atoms with E-state index in [0.717, 1.165) is 0 Å². The summed E-state index contributed by atoms with van der Waals surface area (Å²) >= 11 is 5.76. The van der Waals surface area contributed by atoms with E-state index in [4.69, 9.17) is 16.3 Å². The van der Waals surface area contributed by atoms with Crippen LogP contribution in [-0.2, 0) is 0 Å². The molecule has 4 nitrogen and oxygen atoms in total. The molecular formula is C14H12ClFN2O2. The molecule has 1 heterocycles. The highest BCUT2D eigenvalue weighted by Gasteiger charge is 2.06. The average Bonchev–Trinajstić information content (AvgIpc) is 2.43. The Hall–Kier alpha value is -2.14. The first-order chi connectivity index (χ1) is 9.65. The molecule has 0 atom stereocenters. The van der Waals surface area contributed by atoms with E-state index in [1.54, 1.807) is 18.2 Å². The van der Waals surface area contributed by atoms with E-state index in [9.17, 15) is 9.18 Å². The number of carbonyl (C=O) groups is 1. The summed E-state index contributed by atoms with van der Waals surface area (Å²) in [6.45, 7) is 0.513. The predicted molar refractivity (Wildman–Crippen MR) is 73.5 cm³/mol. The van der Waals surface area contributed by atoms with Crippen LogP contribution < -0.4 is 10.1 Å². The number of hydrogen-bond acceptors (Lipinski definition) is 3. The van der Waals surface area contributed by atoms with E-state index < -0.39 is 0 Å². The molecule has 0 saturated heterocycles. The molecule has 0 bridgehead atoms. The van der Waals surface area contributed by atoms with Crippen LogP contribution in [0.4, 0.5) is 4.39 Å². The van der Waals surface area contributed by atoms with Crippen LogP contribution in [0.25, 0.3) is 0 Å². The van der Waals surface area contributed by atoms with Crippen molar-refractivity contribution in [3.05, 3.63) is 59.1 Å². The van der Waals surface area contributed by atoms with Gasteiger partial charge in [-0.25, -0.2) is 4.39 Å². The number of benzene rings is 1. The second kappa shape index (κ2) is 6.86. The topological polar surface area (TPSA) is 51.2 Å². The molecule has 20 heavy (non-hydrogen) atoms. The molecule has 2 aromatic rings. The zero-order chi connectivity index (χ0) is 14.4. The summed E-state index contributed by atoms with van der Waals surface area (Å²) in [7, 11) is 0. The smallest absolute Gasteiger partial charge is 0.270 e. The normalized spacial score (nSPS) is 10.1. The summed E-state index contributed by atoms with van der Waals surface area (Å²) in [5.41, 5.74) is 0.239. The molecule has 1 N–H and O–H groups in total. The summed E-state index contributed by atoms with van der Waals surface area (Å²) in [4.78, 5) is 15.6. The van der Waals surface area contributed by atoms with Crippen molar-refractivity contribution in [3.63, 3.8) is 0 Å². The van der Waals surface area contributed by atoms with Crippen molar-refractivity contribution >= 4 is 17.5 Å². The number of amides is 1. The van der Waals surface area contributed by atoms with E-state index in [0.29, 0.717) is 10.8 Å². The van der Waals surface area contributed by atoms with Crippen LogP contribution in [0.15, 0.2) is 42.6 Å². The third-order valence-electron chi connectivity index (χ3n) is 2.41. The molecule has 0 saturated carbocycles. The Labute approximate surface area is 120 Å². The van der Waals surface area contributed by atoms with Crippen LogP contribution in [0.1, 0.15) is 10.5 Å². The van der Waals surface area contributed by atoms with Crippen molar-refractivity contribution in [2.45, 2.75) is 0 Å². The summed E-state index contributed by atoms with van der Waals surface area (Å²) in [6, 6.07) is 8.87. The second-order valence-corrected chi connectivity index (χ2v) is 4.36. The van der Waals surface area contributed by atoms with Crippen LogP contribution in [0.3, 0.4) is 0 Å². The predicted octanol–water partition coefficient (Wildman–Crippen LogP) is 2.68. The number of nitrogens with zero attached hydrogens (tertiary/aromatic N) is 1. The van der Waals surface area contributed by atoms with Crippen LogP contribution >= 0.6 is 11.6 Å². The van der Waals surface area contributed by atoms with Gasteiger partial charge in [-0.1, -0.05) is 17.7 Å². The van der Waals surface area contributed by atoms with E-state index >= 15 is 0 Å². The molecule has 0 unspecified atom stereocenters. The van der Waals surface area contributed by atoms with Crippen molar-refractivity contribution < 1.29 is 13.9 Å². The maximum Gasteiger partial charge on any atom is 0.270 e. The summed E-state index contributed by atoms with van der Waals surface area (Å²) in [5, 5.41) is 3.08. The highest BCUT2D eigenvalue weighted by Crippen LogP contribution is 2.11. The third-order valence-corrected chi connectivity index (χ3v) is 2.64. The molecule has 0 aliphatic rings. The standard InChI is InChI=1S/C14H12ClFN2O2/c15-10-4-5-17-13(8-10)14(19)18-6-7-20-12-3-1-2-11(16)9-12/h1-5,8-9H,6-7H2,(H,18,19). The molecule has 104 valence electrons. The van der Waals surface area contributed by atoms with Crippen molar-refractivity contribution in [1.29, 1.82) is 0 Å². The van der Waals surface area contributed by atoms with E-state index in [-0.39, 0.29) is 30.6 Å².